The van der Waals surface area contributed by atoms with Gasteiger partial charge in [-0.3, -0.25) is 9.59 Å². The van der Waals surface area contributed by atoms with Crippen molar-refractivity contribution in [2.24, 2.45) is 5.92 Å². The average Bonchev–Trinajstić information content (AvgIpc) is 2.95. The minimum Gasteiger partial charge on any atom is -0.496 e. The first-order valence-corrected chi connectivity index (χ1v) is 9.34. The third kappa shape index (κ3) is 2.96. The van der Waals surface area contributed by atoms with Gasteiger partial charge in [0, 0.05) is 24.5 Å². The van der Waals surface area contributed by atoms with Crippen LogP contribution < -0.4 is 14.2 Å². The molecule has 1 aliphatic heterocycles. The van der Waals surface area contributed by atoms with E-state index >= 15 is 0 Å². The summed E-state index contributed by atoms with van der Waals surface area (Å²) in [5, 5.41) is 0.195. The van der Waals surface area contributed by atoms with Gasteiger partial charge >= 0.3 is 0 Å². The van der Waals surface area contributed by atoms with E-state index in [1.54, 1.807) is 13.0 Å². The van der Waals surface area contributed by atoms with Gasteiger partial charge < -0.3 is 18.9 Å². The van der Waals surface area contributed by atoms with Gasteiger partial charge in [-0.2, -0.15) is 0 Å². The highest BCUT2D eigenvalue weighted by Gasteiger charge is 2.59. The van der Waals surface area contributed by atoms with Gasteiger partial charge in [-0.05, 0) is 6.42 Å². The van der Waals surface area contributed by atoms with Gasteiger partial charge in [0.15, 0.2) is 17.3 Å². The Bertz CT molecular complexity index is 815. The summed E-state index contributed by atoms with van der Waals surface area (Å²) in [6.07, 6.45) is 3.30. The third-order valence-electron chi connectivity index (χ3n) is 5.03. The van der Waals surface area contributed by atoms with Crippen LogP contribution in [-0.2, 0) is 9.53 Å². The van der Waals surface area contributed by atoms with Crippen molar-refractivity contribution in [3.8, 4) is 17.2 Å². The van der Waals surface area contributed by atoms with Gasteiger partial charge in [-0.15, -0.1) is 0 Å². The predicted molar refractivity (Wildman–Crippen MR) is 100.0 cm³/mol. The van der Waals surface area contributed by atoms with E-state index in [0.717, 1.165) is 12.8 Å². The second kappa shape index (κ2) is 7.43. The Morgan fingerprint density at radius 3 is 2.63 bits per heavy atom. The fourth-order valence-corrected chi connectivity index (χ4v) is 3.84. The van der Waals surface area contributed by atoms with E-state index in [1.807, 2.05) is 0 Å². The first kappa shape index (κ1) is 19.5. The van der Waals surface area contributed by atoms with Crippen molar-refractivity contribution in [3.63, 3.8) is 0 Å². The van der Waals surface area contributed by atoms with E-state index in [2.05, 4.69) is 6.92 Å². The van der Waals surface area contributed by atoms with Crippen molar-refractivity contribution in [1.29, 1.82) is 0 Å². The quantitative estimate of drug-likeness (QED) is 0.679. The van der Waals surface area contributed by atoms with Gasteiger partial charge in [-0.25, -0.2) is 0 Å². The van der Waals surface area contributed by atoms with Crippen molar-refractivity contribution >= 4 is 23.2 Å². The molecule has 1 aromatic rings. The highest BCUT2D eigenvalue weighted by molar-refractivity contribution is 6.35. The molecule has 0 saturated heterocycles. The first-order valence-electron chi connectivity index (χ1n) is 8.96. The molecule has 1 aliphatic carbocycles. The number of fused-ring (bicyclic) bond motifs is 1. The summed E-state index contributed by atoms with van der Waals surface area (Å²) in [5.74, 6) is 0.256. The molecule has 3 rings (SSSR count). The number of carbonyl (C=O) groups excluding carboxylic acids is 2. The van der Waals surface area contributed by atoms with Crippen molar-refractivity contribution in [2.75, 3.05) is 20.8 Å². The maximum Gasteiger partial charge on any atom is 0.231 e. The molecule has 0 aromatic heterocycles. The molecule has 1 aromatic carbocycles. The van der Waals surface area contributed by atoms with Crippen LogP contribution in [0, 0.1) is 5.92 Å². The van der Waals surface area contributed by atoms with Gasteiger partial charge in [0.05, 0.1) is 20.8 Å². The Morgan fingerprint density at radius 2 is 2.00 bits per heavy atom. The molecule has 0 saturated carbocycles. The normalized spacial score (nSPS) is 23.7. The van der Waals surface area contributed by atoms with Crippen LogP contribution in [0.5, 0.6) is 17.2 Å². The molecule has 27 heavy (non-hydrogen) atoms. The van der Waals surface area contributed by atoms with Crippen LogP contribution in [0.2, 0.25) is 5.02 Å². The third-order valence-corrected chi connectivity index (χ3v) is 5.39. The zero-order valence-corrected chi connectivity index (χ0v) is 16.6. The summed E-state index contributed by atoms with van der Waals surface area (Å²) in [6.45, 7) is 4.29. The van der Waals surface area contributed by atoms with Gasteiger partial charge in [0.25, 0.3) is 0 Å². The van der Waals surface area contributed by atoms with E-state index in [-0.39, 0.29) is 40.1 Å². The molecule has 0 unspecified atom stereocenters. The molecule has 1 heterocycles. The molecule has 0 bridgehead atoms. The fraction of sp³-hybridized carbons (Fsp3) is 0.500. The molecule has 6 nitrogen and oxygen atoms in total. The summed E-state index contributed by atoms with van der Waals surface area (Å²) >= 11 is 6.44. The number of rotatable bonds is 6. The number of hydrogen-bond acceptors (Lipinski definition) is 6. The zero-order valence-electron chi connectivity index (χ0n) is 15.9. The lowest BCUT2D eigenvalue weighted by molar-refractivity contribution is -0.118. The number of benzene rings is 1. The van der Waals surface area contributed by atoms with Crippen LogP contribution in [0.3, 0.4) is 0 Å². The molecular weight excluding hydrogens is 372 g/mol. The number of unbranched alkanes of at least 4 members (excludes halogenated alkanes) is 1. The topological polar surface area (TPSA) is 71.1 Å². The molecule has 1 spiro atoms. The molecular formula is C20H23ClO6. The largest absolute Gasteiger partial charge is 0.496 e. The van der Waals surface area contributed by atoms with Gasteiger partial charge in [-0.1, -0.05) is 31.9 Å². The summed E-state index contributed by atoms with van der Waals surface area (Å²) in [5.41, 5.74) is -1.16. The Kier molecular flexibility index (Phi) is 5.38. The highest BCUT2D eigenvalue weighted by atomic mass is 35.5. The number of ketones is 2. The molecule has 0 fully saturated rings. The molecule has 0 amide bonds. The maximum absolute atomic E-state index is 13.5. The Morgan fingerprint density at radius 1 is 1.26 bits per heavy atom. The van der Waals surface area contributed by atoms with Gasteiger partial charge in [0.1, 0.15) is 22.1 Å². The van der Waals surface area contributed by atoms with E-state index in [1.165, 1.54) is 20.3 Å². The smallest absolute Gasteiger partial charge is 0.231 e. The minimum atomic E-state index is -1.43. The number of methoxy groups -OCH3 is 2. The molecule has 0 radical (unpaired) electrons. The number of halogens is 1. The zero-order chi connectivity index (χ0) is 19.8. The number of allylic oxidation sites excluding steroid dienone is 1. The standard InChI is InChI=1S/C20H23ClO6/c1-5-6-7-26-13-10-14(24-3)17(21)18-16(13)19(23)20(27-18)11(2)8-12(22)9-15(20)25-4/h9-11H,5-8H2,1-4H3/t11-,20+/m1/s1. The average molecular weight is 395 g/mol. The first-order chi connectivity index (χ1) is 12.9. The van der Waals surface area contributed by atoms with Crippen molar-refractivity contribution < 1.29 is 28.5 Å². The SMILES string of the molecule is CCCCOc1cc(OC)c(Cl)c2c1C(=O)[C@@]1(O2)C(OC)=CC(=O)C[C@H]1C. The Labute approximate surface area is 163 Å². The molecule has 7 heteroatoms. The number of ether oxygens (including phenoxy) is 4. The van der Waals surface area contributed by atoms with Crippen LogP contribution >= 0.6 is 11.6 Å². The summed E-state index contributed by atoms with van der Waals surface area (Å²) in [7, 11) is 2.90. The van der Waals surface area contributed by atoms with E-state index in [4.69, 9.17) is 30.5 Å². The lowest BCUT2D eigenvalue weighted by atomic mass is 9.75. The summed E-state index contributed by atoms with van der Waals surface area (Å²) < 4.78 is 22.7. The molecule has 2 aliphatic rings. The van der Waals surface area contributed by atoms with E-state index in [9.17, 15) is 9.59 Å². The number of carbonyl (C=O) groups is 2. The Balaban J connectivity index is 2.16. The van der Waals surface area contributed by atoms with Crippen LogP contribution in [0.15, 0.2) is 17.9 Å². The number of Topliss-reactive ketones (excluding diaryl/α,β-unsaturated/α-hetero) is 1. The van der Waals surface area contributed by atoms with Gasteiger partial charge in [0.2, 0.25) is 11.4 Å². The van der Waals surface area contributed by atoms with Crippen LogP contribution in [0.25, 0.3) is 0 Å². The van der Waals surface area contributed by atoms with Crippen LogP contribution in [-0.4, -0.2) is 38.0 Å². The lowest BCUT2D eigenvalue weighted by Gasteiger charge is -2.36. The van der Waals surface area contributed by atoms with E-state index < -0.39 is 11.5 Å². The van der Waals surface area contributed by atoms with Crippen molar-refractivity contribution in [2.45, 2.75) is 38.7 Å². The molecule has 146 valence electrons. The second-order valence-electron chi connectivity index (χ2n) is 6.75. The minimum absolute atomic E-state index is 0.111. The van der Waals surface area contributed by atoms with Crippen LogP contribution in [0.4, 0.5) is 0 Å². The molecule has 2 atom stereocenters. The second-order valence-corrected chi connectivity index (χ2v) is 7.13. The van der Waals surface area contributed by atoms with Crippen LogP contribution in [0.1, 0.15) is 43.5 Å². The monoisotopic (exact) mass is 394 g/mol. The lowest BCUT2D eigenvalue weighted by Crippen LogP contribution is -2.51. The fourth-order valence-electron chi connectivity index (χ4n) is 3.58. The Hall–Kier alpha value is -2.21. The summed E-state index contributed by atoms with van der Waals surface area (Å²) in [4.78, 5) is 25.5. The number of hydrogen-bond donors (Lipinski definition) is 0. The van der Waals surface area contributed by atoms with E-state index in [0.29, 0.717) is 18.1 Å². The predicted octanol–water partition coefficient (Wildman–Crippen LogP) is 3.98. The highest BCUT2D eigenvalue weighted by Crippen LogP contribution is 2.54. The molecule has 0 N–H and O–H groups in total. The summed E-state index contributed by atoms with van der Waals surface area (Å²) in [6, 6.07) is 1.60. The maximum atomic E-state index is 13.5. The van der Waals surface area contributed by atoms with Crippen molar-refractivity contribution in [3.05, 3.63) is 28.5 Å². The van der Waals surface area contributed by atoms with Crippen molar-refractivity contribution in [1.82, 2.24) is 0 Å².